The van der Waals surface area contributed by atoms with Crippen LogP contribution in [0.3, 0.4) is 0 Å². The number of nitrogens with zero attached hydrogens (tertiary/aromatic N) is 3. The predicted molar refractivity (Wildman–Crippen MR) is 84.2 cm³/mol. The van der Waals surface area contributed by atoms with Crippen LogP contribution in [0.1, 0.15) is 38.5 Å². The number of rotatable bonds is 2. The molecule has 2 aliphatic rings. The normalized spacial score (nSPS) is 19.6. The fraction of sp³-hybridized carbons (Fsp3) is 0.714. The molecule has 0 unspecified atom stereocenters. The third-order valence-electron chi connectivity index (χ3n) is 4.18. The van der Waals surface area contributed by atoms with Crippen LogP contribution in [0.4, 0.5) is 11.4 Å². The van der Waals surface area contributed by atoms with E-state index in [9.17, 15) is 4.79 Å². The summed E-state index contributed by atoms with van der Waals surface area (Å²) in [5.74, 6) is 0. The maximum Gasteiger partial charge on any atom is 0.289 e. The number of H-pyrrole nitrogens is 1. The van der Waals surface area contributed by atoms with E-state index in [0.717, 1.165) is 37.6 Å². The van der Waals surface area contributed by atoms with Crippen molar-refractivity contribution in [2.45, 2.75) is 38.5 Å². The van der Waals surface area contributed by atoms with Crippen molar-refractivity contribution in [1.29, 1.82) is 0 Å². The Kier molecular flexibility index (Phi) is 5.29. The molecule has 0 radical (unpaired) electrons. The molecule has 2 aliphatic heterocycles. The third kappa shape index (κ3) is 3.08. The third-order valence-corrected chi connectivity index (χ3v) is 4.18. The summed E-state index contributed by atoms with van der Waals surface area (Å²) >= 11 is 0. The number of hydrogen-bond acceptors (Lipinski definition) is 4. The van der Waals surface area contributed by atoms with E-state index in [1.54, 1.807) is 0 Å². The van der Waals surface area contributed by atoms with Gasteiger partial charge in [-0.25, -0.2) is 5.10 Å². The minimum atomic E-state index is -0.0371. The minimum absolute atomic E-state index is 0. The quantitative estimate of drug-likeness (QED) is 0.909. The monoisotopic (exact) mass is 298 g/mol. The van der Waals surface area contributed by atoms with Crippen molar-refractivity contribution in [3.8, 4) is 0 Å². The molecule has 3 heterocycles. The average Bonchev–Trinajstić information content (AvgIpc) is 2.49. The van der Waals surface area contributed by atoms with Crippen LogP contribution in [0.25, 0.3) is 0 Å². The number of aromatic nitrogens is 2. The number of anilines is 2. The van der Waals surface area contributed by atoms with Gasteiger partial charge in [0.25, 0.3) is 5.56 Å². The zero-order valence-corrected chi connectivity index (χ0v) is 12.6. The molecule has 0 bridgehead atoms. The van der Waals surface area contributed by atoms with E-state index in [2.05, 4.69) is 20.0 Å². The van der Waals surface area contributed by atoms with Gasteiger partial charge in [0.2, 0.25) is 0 Å². The van der Waals surface area contributed by atoms with E-state index in [1.165, 1.54) is 38.5 Å². The van der Waals surface area contributed by atoms with Gasteiger partial charge in [0.1, 0.15) is 5.69 Å². The van der Waals surface area contributed by atoms with E-state index in [0.29, 0.717) is 0 Å². The standard InChI is InChI=1S/C14H22N4O.ClH/c19-14-13(18-9-5-2-6-10-18)12(11-15-16-14)17-7-3-1-4-8-17;/h11H,1-10H2,(H,16,19);1H. The summed E-state index contributed by atoms with van der Waals surface area (Å²) in [6.07, 6.45) is 9.20. The molecule has 112 valence electrons. The molecule has 1 aromatic heterocycles. The number of nitrogens with one attached hydrogen (secondary N) is 1. The molecule has 0 saturated carbocycles. The smallest absolute Gasteiger partial charge is 0.289 e. The number of halogens is 1. The first kappa shape index (κ1) is 15.2. The van der Waals surface area contributed by atoms with E-state index in [1.807, 2.05) is 6.20 Å². The highest BCUT2D eigenvalue weighted by atomic mass is 35.5. The lowest BCUT2D eigenvalue weighted by Crippen LogP contribution is -2.38. The van der Waals surface area contributed by atoms with Crippen LogP contribution >= 0.6 is 12.4 Å². The van der Waals surface area contributed by atoms with Gasteiger partial charge >= 0.3 is 0 Å². The van der Waals surface area contributed by atoms with Crippen molar-refractivity contribution in [2.24, 2.45) is 0 Å². The zero-order valence-electron chi connectivity index (χ0n) is 11.8. The van der Waals surface area contributed by atoms with Crippen LogP contribution in [-0.2, 0) is 0 Å². The molecule has 0 aromatic carbocycles. The van der Waals surface area contributed by atoms with Gasteiger partial charge in [-0.15, -0.1) is 12.4 Å². The van der Waals surface area contributed by atoms with Gasteiger partial charge in [-0.3, -0.25) is 4.79 Å². The number of hydrogen-bond donors (Lipinski definition) is 1. The highest BCUT2D eigenvalue weighted by molar-refractivity contribution is 5.85. The van der Waals surface area contributed by atoms with Crippen molar-refractivity contribution in [3.63, 3.8) is 0 Å². The summed E-state index contributed by atoms with van der Waals surface area (Å²) in [6, 6.07) is 0. The molecule has 20 heavy (non-hydrogen) atoms. The van der Waals surface area contributed by atoms with Gasteiger partial charge in [0, 0.05) is 26.2 Å². The van der Waals surface area contributed by atoms with Gasteiger partial charge < -0.3 is 9.80 Å². The van der Waals surface area contributed by atoms with Crippen molar-refractivity contribution in [3.05, 3.63) is 16.6 Å². The Balaban J connectivity index is 0.00000147. The fourth-order valence-corrected chi connectivity index (χ4v) is 3.17. The lowest BCUT2D eigenvalue weighted by Gasteiger charge is -2.34. The summed E-state index contributed by atoms with van der Waals surface area (Å²) in [7, 11) is 0. The Morgan fingerprint density at radius 1 is 0.900 bits per heavy atom. The minimum Gasteiger partial charge on any atom is -0.368 e. The van der Waals surface area contributed by atoms with Crippen molar-refractivity contribution < 1.29 is 0 Å². The number of aromatic amines is 1. The summed E-state index contributed by atoms with van der Waals surface area (Å²) < 4.78 is 0. The van der Waals surface area contributed by atoms with Crippen molar-refractivity contribution in [1.82, 2.24) is 10.2 Å². The second kappa shape index (κ2) is 6.97. The lowest BCUT2D eigenvalue weighted by atomic mass is 10.1. The van der Waals surface area contributed by atoms with Gasteiger partial charge in [-0.05, 0) is 38.5 Å². The Morgan fingerprint density at radius 2 is 1.45 bits per heavy atom. The van der Waals surface area contributed by atoms with Gasteiger partial charge in [0.15, 0.2) is 0 Å². The Hall–Kier alpha value is -1.23. The second-order valence-electron chi connectivity index (χ2n) is 5.53. The first-order valence-electron chi connectivity index (χ1n) is 7.44. The van der Waals surface area contributed by atoms with Gasteiger partial charge in [0.05, 0.1) is 11.9 Å². The van der Waals surface area contributed by atoms with Gasteiger partial charge in [-0.1, -0.05) is 0 Å². The Labute approximate surface area is 125 Å². The topological polar surface area (TPSA) is 52.2 Å². The van der Waals surface area contributed by atoms with Crippen LogP contribution in [0.5, 0.6) is 0 Å². The zero-order chi connectivity index (χ0) is 13.1. The van der Waals surface area contributed by atoms with Gasteiger partial charge in [-0.2, -0.15) is 5.10 Å². The molecular weight excluding hydrogens is 276 g/mol. The van der Waals surface area contributed by atoms with Crippen LogP contribution in [0, 0.1) is 0 Å². The van der Waals surface area contributed by atoms with Crippen LogP contribution in [0.2, 0.25) is 0 Å². The number of piperidine rings is 2. The first-order chi connectivity index (χ1) is 9.36. The molecule has 2 saturated heterocycles. The van der Waals surface area contributed by atoms with E-state index in [4.69, 9.17) is 0 Å². The summed E-state index contributed by atoms with van der Waals surface area (Å²) in [5, 5.41) is 6.61. The Bertz CT molecular complexity index is 478. The maximum absolute atomic E-state index is 12.2. The molecule has 0 amide bonds. The molecule has 6 heteroatoms. The van der Waals surface area contributed by atoms with Crippen molar-refractivity contribution in [2.75, 3.05) is 36.0 Å². The molecule has 2 fully saturated rings. The lowest BCUT2D eigenvalue weighted by molar-refractivity contribution is 0.562. The summed E-state index contributed by atoms with van der Waals surface area (Å²) in [6.45, 7) is 4.08. The molecule has 0 atom stereocenters. The molecule has 0 spiro atoms. The molecular formula is C14H23ClN4O. The molecule has 5 nitrogen and oxygen atoms in total. The Morgan fingerprint density at radius 3 is 2.05 bits per heavy atom. The summed E-state index contributed by atoms with van der Waals surface area (Å²) in [4.78, 5) is 16.8. The average molecular weight is 299 g/mol. The van der Waals surface area contributed by atoms with E-state index < -0.39 is 0 Å². The van der Waals surface area contributed by atoms with Crippen LogP contribution in [-0.4, -0.2) is 36.4 Å². The molecule has 1 aromatic rings. The van der Waals surface area contributed by atoms with Crippen molar-refractivity contribution >= 4 is 23.8 Å². The predicted octanol–water partition coefficient (Wildman–Crippen LogP) is 2.17. The molecule has 0 aliphatic carbocycles. The molecule has 3 rings (SSSR count). The highest BCUT2D eigenvalue weighted by Gasteiger charge is 2.22. The first-order valence-corrected chi connectivity index (χ1v) is 7.44. The molecule has 1 N–H and O–H groups in total. The largest absolute Gasteiger partial charge is 0.368 e. The summed E-state index contributed by atoms with van der Waals surface area (Å²) in [5.41, 5.74) is 1.84. The fourth-order valence-electron chi connectivity index (χ4n) is 3.17. The maximum atomic E-state index is 12.2. The highest BCUT2D eigenvalue weighted by Crippen LogP contribution is 2.28. The SMILES string of the molecule is Cl.O=c1[nH]ncc(N2CCCCC2)c1N1CCCCC1. The van der Waals surface area contributed by atoms with E-state index >= 15 is 0 Å². The van der Waals surface area contributed by atoms with E-state index in [-0.39, 0.29) is 18.0 Å². The van der Waals surface area contributed by atoms with Crippen LogP contribution < -0.4 is 15.4 Å². The second-order valence-corrected chi connectivity index (χ2v) is 5.53. The van der Waals surface area contributed by atoms with Crippen LogP contribution in [0.15, 0.2) is 11.0 Å².